The highest BCUT2D eigenvalue weighted by molar-refractivity contribution is 9.10. The number of anilines is 1. The number of pyridine rings is 1. The molecule has 94 valence electrons. The number of hydrogen-bond donors (Lipinski definition) is 2. The molecule has 0 bridgehead atoms. The van der Waals surface area contributed by atoms with Crippen LogP contribution in [-0.4, -0.2) is 16.7 Å². The molecule has 0 amide bonds. The van der Waals surface area contributed by atoms with Gasteiger partial charge in [-0.15, -0.1) is 0 Å². The van der Waals surface area contributed by atoms with E-state index in [4.69, 9.17) is 5.73 Å². The summed E-state index contributed by atoms with van der Waals surface area (Å²) in [6.45, 7) is 0. The van der Waals surface area contributed by atoms with E-state index in [1.54, 1.807) is 23.9 Å². The van der Waals surface area contributed by atoms with Crippen molar-refractivity contribution in [3.63, 3.8) is 0 Å². The van der Waals surface area contributed by atoms with Crippen molar-refractivity contribution in [2.24, 2.45) is 12.8 Å². The van der Waals surface area contributed by atoms with Crippen LogP contribution in [0, 0.1) is 0 Å². The SMILES string of the molecule is Cn1cc(Br)c(NC2CCC(N)CC2)cc1=O. The molecular weight excluding hydrogens is 282 g/mol. The summed E-state index contributed by atoms with van der Waals surface area (Å²) in [5.74, 6) is 0. The molecule has 1 aromatic rings. The normalized spacial score (nSPS) is 24.6. The molecule has 0 aliphatic heterocycles. The number of aromatic nitrogens is 1. The van der Waals surface area contributed by atoms with E-state index in [2.05, 4.69) is 21.2 Å². The second-order valence-corrected chi connectivity index (χ2v) is 5.59. The number of nitrogens with two attached hydrogens (primary N) is 1. The van der Waals surface area contributed by atoms with Crippen molar-refractivity contribution < 1.29 is 0 Å². The highest BCUT2D eigenvalue weighted by Gasteiger charge is 2.19. The first-order chi connectivity index (χ1) is 8.06. The molecule has 1 saturated carbocycles. The molecular formula is C12H18BrN3O. The fourth-order valence-electron chi connectivity index (χ4n) is 2.19. The van der Waals surface area contributed by atoms with Crippen molar-refractivity contribution in [2.75, 3.05) is 5.32 Å². The van der Waals surface area contributed by atoms with E-state index in [0.29, 0.717) is 12.1 Å². The van der Waals surface area contributed by atoms with E-state index < -0.39 is 0 Å². The fraction of sp³-hybridized carbons (Fsp3) is 0.583. The van der Waals surface area contributed by atoms with Gasteiger partial charge in [0.05, 0.1) is 10.2 Å². The van der Waals surface area contributed by atoms with Crippen molar-refractivity contribution >= 4 is 21.6 Å². The third kappa shape index (κ3) is 3.10. The van der Waals surface area contributed by atoms with Crippen LogP contribution < -0.4 is 16.6 Å². The summed E-state index contributed by atoms with van der Waals surface area (Å²) in [6.07, 6.45) is 6.05. The summed E-state index contributed by atoms with van der Waals surface area (Å²) in [4.78, 5) is 11.6. The average Bonchev–Trinajstić information content (AvgIpc) is 2.29. The molecule has 0 aromatic carbocycles. The standard InChI is InChI=1S/C12H18BrN3O/c1-16-7-10(13)11(6-12(16)17)15-9-4-2-8(14)3-5-9/h6-9,15H,2-5,14H2,1H3. The molecule has 3 N–H and O–H groups in total. The average molecular weight is 300 g/mol. The molecule has 1 aromatic heterocycles. The zero-order chi connectivity index (χ0) is 12.4. The number of nitrogens with one attached hydrogen (secondary N) is 1. The van der Waals surface area contributed by atoms with Gasteiger partial charge in [-0.2, -0.15) is 0 Å². The Balaban J connectivity index is 2.08. The van der Waals surface area contributed by atoms with E-state index in [9.17, 15) is 4.79 Å². The van der Waals surface area contributed by atoms with Gasteiger partial charge in [0.15, 0.2) is 0 Å². The van der Waals surface area contributed by atoms with Crippen molar-refractivity contribution in [3.8, 4) is 0 Å². The van der Waals surface area contributed by atoms with Crippen LogP contribution >= 0.6 is 15.9 Å². The van der Waals surface area contributed by atoms with E-state index in [0.717, 1.165) is 35.8 Å². The quantitative estimate of drug-likeness (QED) is 0.876. The molecule has 17 heavy (non-hydrogen) atoms. The molecule has 0 radical (unpaired) electrons. The minimum Gasteiger partial charge on any atom is -0.381 e. The molecule has 1 heterocycles. The molecule has 4 nitrogen and oxygen atoms in total. The van der Waals surface area contributed by atoms with Crippen molar-refractivity contribution in [3.05, 3.63) is 27.1 Å². The van der Waals surface area contributed by atoms with E-state index >= 15 is 0 Å². The maximum atomic E-state index is 11.6. The van der Waals surface area contributed by atoms with Crippen molar-refractivity contribution in [1.29, 1.82) is 0 Å². The number of nitrogens with zero attached hydrogens (tertiary/aromatic N) is 1. The molecule has 2 rings (SSSR count). The summed E-state index contributed by atoms with van der Waals surface area (Å²) in [6, 6.07) is 2.41. The van der Waals surface area contributed by atoms with Crippen LogP contribution in [0.3, 0.4) is 0 Å². The van der Waals surface area contributed by atoms with Gasteiger partial charge in [0.25, 0.3) is 5.56 Å². The van der Waals surface area contributed by atoms with Crippen LogP contribution in [0.5, 0.6) is 0 Å². The van der Waals surface area contributed by atoms with Crippen LogP contribution in [0.25, 0.3) is 0 Å². The Hall–Kier alpha value is -0.810. The van der Waals surface area contributed by atoms with Crippen LogP contribution in [0.1, 0.15) is 25.7 Å². The lowest BCUT2D eigenvalue weighted by Gasteiger charge is -2.28. The first-order valence-corrected chi connectivity index (χ1v) is 6.74. The molecule has 0 saturated heterocycles. The van der Waals surface area contributed by atoms with E-state index in [1.807, 2.05) is 0 Å². The third-order valence-electron chi connectivity index (χ3n) is 3.31. The van der Waals surface area contributed by atoms with Gasteiger partial charge >= 0.3 is 0 Å². The second kappa shape index (κ2) is 5.23. The molecule has 0 atom stereocenters. The molecule has 1 aliphatic rings. The summed E-state index contributed by atoms with van der Waals surface area (Å²) in [7, 11) is 1.75. The Bertz CT molecular complexity index is 450. The largest absolute Gasteiger partial charge is 0.381 e. The Morgan fingerprint density at radius 2 is 2.06 bits per heavy atom. The first kappa shape index (κ1) is 12.6. The number of hydrogen-bond acceptors (Lipinski definition) is 3. The maximum Gasteiger partial charge on any atom is 0.252 e. The molecule has 1 fully saturated rings. The highest BCUT2D eigenvalue weighted by Crippen LogP contribution is 2.25. The van der Waals surface area contributed by atoms with Gasteiger partial charge in [0.1, 0.15) is 0 Å². The van der Waals surface area contributed by atoms with Crippen molar-refractivity contribution in [2.45, 2.75) is 37.8 Å². The minimum atomic E-state index is 0.00297. The fourth-order valence-corrected chi connectivity index (χ4v) is 2.73. The zero-order valence-electron chi connectivity index (χ0n) is 9.95. The number of rotatable bonds is 2. The maximum absolute atomic E-state index is 11.6. The Labute approximate surface area is 109 Å². The Kier molecular flexibility index (Phi) is 3.89. The molecule has 0 spiro atoms. The zero-order valence-corrected chi connectivity index (χ0v) is 11.5. The van der Waals surface area contributed by atoms with Crippen LogP contribution in [0.15, 0.2) is 21.5 Å². The lowest BCUT2D eigenvalue weighted by Crippen LogP contribution is -2.33. The van der Waals surface area contributed by atoms with Crippen LogP contribution in [0.4, 0.5) is 5.69 Å². The minimum absolute atomic E-state index is 0.00297. The van der Waals surface area contributed by atoms with Gasteiger partial charge in [-0.3, -0.25) is 4.79 Å². The van der Waals surface area contributed by atoms with E-state index in [-0.39, 0.29) is 5.56 Å². The van der Waals surface area contributed by atoms with Gasteiger partial charge in [-0.05, 0) is 41.6 Å². The Morgan fingerprint density at radius 1 is 1.41 bits per heavy atom. The van der Waals surface area contributed by atoms with Crippen LogP contribution in [0.2, 0.25) is 0 Å². The van der Waals surface area contributed by atoms with Gasteiger partial charge < -0.3 is 15.6 Å². The smallest absolute Gasteiger partial charge is 0.252 e. The summed E-state index contributed by atoms with van der Waals surface area (Å²) < 4.78 is 2.49. The van der Waals surface area contributed by atoms with Gasteiger partial charge in [0, 0.05) is 31.4 Å². The number of halogens is 1. The molecule has 0 unspecified atom stereocenters. The molecule has 5 heteroatoms. The van der Waals surface area contributed by atoms with Crippen LogP contribution in [-0.2, 0) is 7.05 Å². The number of aryl methyl sites for hydroxylation is 1. The summed E-state index contributed by atoms with van der Waals surface area (Å²) >= 11 is 3.47. The van der Waals surface area contributed by atoms with Gasteiger partial charge in [-0.1, -0.05) is 0 Å². The lowest BCUT2D eigenvalue weighted by atomic mass is 9.92. The topological polar surface area (TPSA) is 60.1 Å². The monoisotopic (exact) mass is 299 g/mol. The van der Waals surface area contributed by atoms with E-state index in [1.165, 1.54) is 0 Å². The highest BCUT2D eigenvalue weighted by atomic mass is 79.9. The predicted molar refractivity (Wildman–Crippen MR) is 73.2 cm³/mol. The Morgan fingerprint density at radius 3 is 2.71 bits per heavy atom. The third-order valence-corrected chi connectivity index (χ3v) is 3.94. The van der Waals surface area contributed by atoms with Crippen molar-refractivity contribution in [1.82, 2.24) is 4.57 Å². The predicted octanol–water partition coefficient (Wildman–Crippen LogP) is 1.83. The summed E-state index contributed by atoms with van der Waals surface area (Å²) in [5, 5.41) is 3.42. The van der Waals surface area contributed by atoms with Gasteiger partial charge in [-0.25, -0.2) is 0 Å². The first-order valence-electron chi connectivity index (χ1n) is 5.94. The van der Waals surface area contributed by atoms with Gasteiger partial charge in [0.2, 0.25) is 0 Å². The lowest BCUT2D eigenvalue weighted by molar-refractivity contribution is 0.411. The second-order valence-electron chi connectivity index (χ2n) is 4.74. The molecule has 1 aliphatic carbocycles. The summed E-state index contributed by atoms with van der Waals surface area (Å²) in [5.41, 5.74) is 6.76.